The minimum Gasteiger partial charge on any atom is -0.487 e. The van der Waals surface area contributed by atoms with E-state index in [1.54, 1.807) is 12.1 Å². The van der Waals surface area contributed by atoms with Crippen LogP contribution in [0.2, 0.25) is 0 Å². The fourth-order valence-corrected chi connectivity index (χ4v) is 4.79. The molecule has 1 fully saturated rings. The van der Waals surface area contributed by atoms with E-state index in [0.717, 1.165) is 11.1 Å². The molecule has 1 aromatic carbocycles. The largest absolute Gasteiger partial charge is 0.487 e. The minimum atomic E-state index is -0.731. The van der Waals surface area contributed by atoms with E-state index in [2.05, 4.69) is 10.2 Å². The molecule has 0 saturated carbocycles. The molecule has 0 amide bonds. The lowest BCUT2D eigenvalue weighted by atomic mass is 9.55. The van der Waals surface area contributed by atoms with Gasteiger partial charge in [-0.2, -0.15) is 0 Å². The number of aromatic nitrogens is 2. The average Bonchev–Trinajstić information content (AvgIpc) is 3.09. The zero-order valence-corrected chi connectivity index (χ0v) is 17.7. The topological polar surface area (TPSA) is 118 Å². The van der Waals surface area contributed by atoms with Gasteiger partial charge in [-0.05, 0) is 37.6 Å². The van der Waals surface area contributed by atoms with Crippen LogP contribution in [0.3, 0.4) is 0 Å². The van der Waals surface area contributed by atoms with Crippen molar-refractivity contribution < 1.29 is 23.7 Å². The van der Waals surface area contributed by atoms with Crippen LogP contribution in [0.25, 0.3) is 0 Å². The molecule has 1 unspecified atom stereocenters. The molecule has 2 N–H and O–H groups in total. The molecule has 3 aliphatic heterocycles. The van der Waals surface area contributed by atoms with Crippen LogP contribution >= 0.6 is 0 Å². The number of nitrogens with two attached hydrogens (primary N) is 1. The first-order valence-electron chi connectivity index (χ1n) is 10.1. The molecule has 9 nitrogen and oxygen atoms in total. The molecule has 0 radical (unpaired) electrons. The number of rotatable bonds is 4. The molecule has 0 aliphatic carbocycles. The molecule has 31 heavy (non-hydrogen) atoms. The van der Waals surface area contributed by atoms with Crippen LogP contribution in [0.4, 0.5) is 0 Å². The highest BCUT2D eigenvalue weighted by atomic mass is 16.5. The van der Waals surface area contributed by atoms with Gasteiger partial charge in [0.15, 0.2) is 5.78 Å². The predicted octanol–water partition coefficient (Wildman–Crippen LogP) is 1.64. The Morgan fingerprint density at radius 3 is 2.55 bits per heavy atom. The number of aliphatic imine (C=N–C) groups is 1. The van der Waals surface area contributed by atoms with Gasteiger partial charge in [0.25, 0.3) is 6.02 Å². The highest BCUT2D eigenvalue weighted by molar-refractivity contribution is 5.95. The van der Waals surface area contributed by atoms with E-state index in [0.29, 0.717) is 31.5 Å². The van der Waals surface area contributed by atoms with E-state index in [-0.39, 0.29) is 23.9 Å². The molecule has 1 saturated heterocycles. The SMILES string of the molecule is COc1ccc(C(=O)Cc2ccc3c(c2)C2(COC(N)=N2)C2(COC2)C(C)(C)O3)nn1. The Morgan fingerprint density at radius 1 is 1.16 bits per heavy atom. The Balaban J connectivity index is 1.53. The Hall–Kier alpha value is -3.20. The lowest BCUT2D eigenvalue weighted by Crippen LogP contribution is -2.71. The third-order valence-corrected chi connectivity index (χ3v) is 6.73. The molecule has 2 aromatic rings. The van der Waals surface area contributed by atoms with Crippen molar-refractivity contribution >= 4 is 11.8 Å². The van der Waals surface area contributed by atoms with Crippen molar-refractivity contribution in [1.29, 1.82) is 0 Å². The summed E-state index contributed by atoms with van der Waals surface area (Å²) in [6.07, 6.45) is 0.164. The van der Waals surface area contributed by atoms with Crippen LogP contribution < -0.4 is 15.2 Å². The Labute approximate surface area is 179 Å². The number of amidine groups is 1. The smallest absolute Gasteiger partial charge is 0.283 e. The summed E-state index contributed by atoms with van der Waals surface area (Å²) in [5, 5.41) is 7.83. The molecule has 4 heterocycles. The lowest BCUT2D eigenvalue weighted by Gasteiger charge is -2.61. The van der Waals surface area contributed by atoms with Crippen LogP contribution in [0.5, 0.6) is 11.6 Å². The predicted molar refractivity (Wildman–Crippen MR) is 110 cm³/mol. The van der Waals surface area contributed by atoms with Crippen molar-refractivity contribution in [2.45, 2.75) is 31.4 Å². The zero-order valence-electron chi connectivity index (χ0n) is 17.7. The van der Waals surface area contributed by atoms with Crippen LogP contribution in [0.15, 0.2) is 35.3 Å². The first kappa shape index (κ1) is 19.7. The minimum absolute atomic E-state index is 0.145. The highest BCUT2D eigenvalue weighted by Crippen LogP contribution is 2.62. The first-order valence-corrected chi connectivity index (χ1v) is 10.1. The number of methoxy groups -OCH3 is 1. The molecular weight excluding hydrogens is 400 g/mol. The van der Waals surface area contributed by atoms with Gasteiger partial charge in [0.2, 0.25) is 5.88 Å². The third kappa shape index (κ3) is 2.72. The van der Waals surface area contributed by atoms with Gasteiger partial charge in [-0.15, -0.1) is 10.2 Å². The molecule has 3 aliphatic rings. The first-order chi connectivity index (χ1) is 14.8. The van der Waals surface area contributed by atoms with Gasteiger partial charge in [-0.3, -0.25) is 4.79 Å². The van der Waals surface area contributed by atoms with Crippen molar-refractivity contribution in [3.05, 3.63) is 47.2 Å². The number of fused-ring (bicyclic) bond motifs is 3. The molecular formula is C22H24N4O5. The number of ketones is 1. The summed E-state index contributed by atoms with van der Waals surface area (Å²) in [7, 11) is 1.50. The summed E-state index contributed by atoms with van der Waals surface area (Å²) >= 11 is 0. The zero-order chi connectivity index (χ0) is 21.9. The Bertz CT molecular complexity index is 1080. The Morgan fingerprint density at radius 2 is 1.97 bits per heavy atom. The number of nitrogens with zero attached hydrogens (tertiary/aromatic N) is 3. The average molecular weight is 424 g/mol. The van der Waals surface area contributed by atoms with E-state index in [1.807, 2.05) is 32.0 Å². The lowest BCUT2D eigenvalue weighted by molar-refractivity contribution is -0.247. The van der Waals surface area contributed by atoms with Crippen molar-refractivity contribution in [1.82, 2.24) is 10.2 Å². The van der Waals surface area contributed by atoms with E-state index in [9.17, 15) is 4.79 Å². The van der Waals surface area contributed by atoms with Gasteiger partial charge >= 0.3 is 0 Å². The fraction of sp³-hybridized carbons (Fsp3) is 0.455. The van der Waals surface area contributed by atoms with Crippen molar-refractivity contribution in [2.24, 2.45) is 16.1 Å². The van der Waals surface area contributed by atoms with E-state index >= 15 is 0 Å². The van der Waals surface area contributed by atoms with Gasteiger partial charge in [0.1, 0.15) is 29.2 Å². The van der Waals surface area contributed by atoms with Crippen molar-refractivity contribution in [3.8, 4) is 11.6 Å². The molecule has 1 atom stereocenters. The molecule has 9 heteroatoms. The summed E-state index contributed by atoms with van der Waals surface area (Å²) in [5.41, 5.74) is 6.25. The van der Waals surface area contributed by atoms with Gasteiger partial charge in [-0.25, -0.2) is 4.99 Å². The summed E-state index contributed by atoms with van der Waals surface area (Å²) in [4.78, 5) is 17.6. The van der Waals surface area contributed by atoms with Gasteiger partial charge in [0, 0.05) is 18.1 Å². The second-order valence-electron chi connectivity index (χ2n) is 8.68. The number of Topliss-reactive ketones (excluding diaryl/α,β-unsaturated/α-hetero) is 1. The number of benzene rings is 1. The van der Waals surface area contributed by atoms with E-state index in [4.69, 9.17) is 29.7 Å². The maximum atomic E-state index is 12.8. The van der Waals surface area contributed by atoms with Crippen LogP contribution in [0, 0.1) is 5.41 Å². The van der Waals surface area contributed by atoms with Crippen molar-refractivity contribution in [2.75, 3.05) is 26.9 Å². The van der Waals surface area contributed by atoms with Crippen LogP contribution in [-0.2, 0) is 21.4 Å². The van der Waals surface area contributed by atoms with Crippen LogP contribution in [0.1, 0.15) is 35.5 Å². The monoisotopic (exact) mass is 424 g/mol. The third-order valence-electron chi connectivity index (χ3n) is 6.73. The second-order valence-corrected chi connectivity index (χ2v) is 8.68. The second kappa shape index (κ2) is 6.65. The summed E-state index contributed by atoms with van der Waals surface area (Å²) < 4.78 is 22.7. The number of carbonyl (C=O) groups excluding carboxylic acids is 1. The molecule has 0 bridgehead atoms. The van der Waals surface area contributed by atoms with Crippen LogP contribution in [-0.4, -0.2) is 54.5 Å². The quantitative estimate of drug-likeness (QED) is 0.736. The number of ether oxygens (including phenoxy) is 4. The molecule has 5 rings (SSSR count). The summed E-state index contributed by atoms with van der Waals surface area (Å²) in [5.74, 6) is 0.926. The molecule has 2 spiro atoms. The normalized spacial score (nSPS) is 24.5. The van der Waals surface area contributed by atoms with E-state index < -0.39 is 16.6 Å². The van der Waals surface area contributed by atoms with Gasteiger partial charge < -0.3 is 24.7 Å². The number of hydrogen-bond acceptors (Lipinski definition) is 9. The fourth-order valence-electron chi connectivity index (χ4n) is 4.79. The van der Waals surface area contributed by atoms with Gasteiger partial charge in [0.05, 0.1) is 25.7 Å². The number of carbonyl (C=O) groups is 1. The number of hydrogen-bond donors (Lipinski definition) is 1. The molecule has 1 aromatic heterocycles. The summed E-state index contributed by atoms with van der Waals surface area (Å²) in [6, 6.07) is 9.12. The van der Waals surface area contributed by atoms with Gasteiger partial charge in [-0.1, -0.05) is 6.07 Å². The maximum absolute atomic E-state index is 12.8. The Kier molecular flexibility index (Phi) is 4.23. The summed E-state index contributed by atoms with van der Waals surface area (Å²) in [6.45, 7) is 5.38. The van der Waals surface area contributed by atoms with E-state index in [1.165, 1.54) is 7.11 Å². The highest BCUT2D eigenvalue weighted by Gasteiger charge is 2.71. The van der Waals surface area contributed by atoms with Crippen molar-refractivity contribution in [3.63, 3.8) is 0 Å². The standard InChI is InChI=1S/C22H24N4O5/c1-20(2)21(10-29-11-21)22(12-30-19(23)24-22)14-8-13(4-6-17(14)31-20)9-16(27)15-5-7-18(28-3)26-25-15/h4-8H,9-12H2,1-3H3,(H2,23,24). The molecule has 162 valence electrons. The maximum Gasteiger partial charge on any atom is 0.283 e.